The highest BCUT2D eigenvalue weighted by atomic mass is 19.4. The van der Waals surface area contributed by atoms with Crippen molar-refractivity contribution in [1.82, 2.24) is 0 Å². The number of carbonyl (C=O) groups is 2. The molecule has 0 unspecified atom stereocenters. The standard InChI is InChI=1S/C22H18F6O4/c1-3-17(13-5-9-15(10-6-13)31-19(29)21(23,24)25)18(4-2)14-7-11-16(12-8-14)32-20(30)22(26,27)28/h5-12H,3-4H2,1-2H3/b18-17+. The molecule has 4 nitrogen and oxygen atoms in total. The molecule has 0 spiro atoms. The summed E-state index contributed by atoms with van der Waals surface area (Å²) >= 11 is 0. The van der Waals surface area contributed by atoms with Gasteiger partial charge in [-0.2, -0.15) is 26.3 Å². The van der Waals surface area contributed by atoms with Crippen LogP contribution in [0.2, 0.25) is 0 Å². The number of carbonyl (C=O) groups excluding carboxylic acids is 2. The van der Waals surface area contributed by atoms with E-state index in [0.29, 0.717) is 24.0 Å². The highest BCUT2D eigenvalue weighted by Gasteiger charge is 2.42. The van der Waals surface area contributed by atoms with E-state index in [1.54, 1.807) is 0 Å². The van der Waals surface area contributed by atoms with Crippen LogP contribution in [0.15, 0.2) is 48.5 Å². The SMILES string of the molecule is CC/C(=C(/CC)c1ccc(OC(=O)C(F)(F)F)cc1)c1ccc(OC(=O)C(F)(F)F)cc1. The van der Waals surface area contributed by atoms with E-state index in [1.807, 2.05) is 13.8 Å². The fraction of sp³-hybridized carbons (Fsp3) is 0.273. The summed E-state index contributed by atoms with van der Waals surface area (Å²) in [5.74, 6) is -5.17. The van der Waals surface area contributed by atoms with Crippen molar-refractivity contribution < 1.29 is 45.4 Å². The molecule has 2 rings (SSSR count). The first kappa shape index (κ1) is 25.0. The van der Waals surface area contributed by atoms with Gasteiger partial charge in [0.15, 0.2) is 0 Å². The monoisotopic (exact) mass is 460 g/mol. The Bertz CT molecular complexity index is 906. The van der Waals surface area contributed by atoms with Crippen molar-refractivity contribution in [3.05, 3.63) is 59.7 Å². The van der Waals surface area contributed by atoms with Crippen molar-refractivity contribution in [3.63, 3.8) is 0 Å². The van der Waals surface area contributed by atoms with Gasteiger partial charge in [0.1, 0.15) is 11.5 Å². The van der Waals surface area contributed by atoms with Crippen molar-refractivity contribution in [2.75, 3.05) is 0 Å². The molecule has 10 heteroatoms. The van der Waals surface area contributed by atoms with E-state index in [1.165, 1.54) is 48.5 Å². The summed E-state index contributed by atoms with van der Waals surface area (Å²) in [6, 6.07) is 11.0. The summed E-state index contributed by atoms with van der Waals surface area (Å²) < 4.78 is 82.5. The Morgan fingerprint density at radius 2 is 0.906 bits per heavy atom. The van der Waals surface area contributed by atoms with Gasteiger partial charge in [-0.3, -0.25) is 0 Å². The minimum absolute atomic E-state index is 0.264. The summed E-state index contributed by atoms with van der Waals surface area (Å²) in [5.41, 5.74) is 3.01. The second-order valence-corrected chi connectivity index (χ2v) is 6.49. The van der Waals surface area contributed by atoms with Gasteiger partial charge in [0, 0.05) is 0 Å². The molecule has 0 atom stereocenters. The van der Waals surface area contributed by atoms with Gasteiger partial charge < -0.3 is 9.47 Å². The smallest absolute Gasteiger partial charge is 0.420 e. The number of benzene rings is 2. The normalized spacial score (nSPS) is 12.8. The molecule has 0 aliphatic rings. The summed E-state index contributed by atoms with van der Waals surface area (Å²) in [7, 11) is 0. The quantitative estimate of drug-likeness (QED) is 0.218. The second kappa shape index (κ2) is 9.88. The molecule has 0 bridgehead atoms. The molecule has 0 N–H and O–H groups in total. The molecule has 2 aromatic carbocycles. The van der Waals surface area contributed by atoms with Crippen molar-refractivity contribution in [3.8, 4) is 11.5 Å². The molecule has 0 aliphatic carbocycles. The van der Waals surface area contributed by atoms with Crippen molar-refractivity contribution >= 4 is 23.1 Å². The van der Waals surface area contributed by atoms with Crippen molar-refractivity contribution in [2.24, 2.45) is 0 Å². The van der Waals surface area contributed by atoms with Crippen LogP contribution in [0, 0.1) is 0 Å². The lowest BCUT2D eigenvalue weighted by Gasteiger charge is -2.15. The minimum atomic E-state index is -5.11. The molecule has 0 saturated heterocycles. The molecular formula is C22H18F6O4. The molecule has 0 aromatic heterocycles. The fourth-order valence-electron chi connectivity index (χ4n) is 2.96. The third-order valence-electron chi connectivity index (χ3n) is 4.36. The largest absolute Gasteiger partial charge is 0.491 e. The zero-order valence-corrected chi connectivity index (χ0v) is 16.9. The van der Waals surface area contributed by atoms with Crippen LogP contribution >= 0.6 is 0 Å². The molecular weight excluding hydrogens is 442 g/mol. The number of halogens is 6. The maximum Gasteiger partial charge on any atom is 0.491 e. The highest BCUT2D eigenvalue weighted by molar-refractivity contribution is 5.91. The van der Waals surface area contributed by atoms with E-state index in [-0.39, 0.29) is 11.5 Å². The number of alkyl halides is 6. The molecule has 0 heterocycles. The topological polar surface area (TPSA) is 52.6 Å². The predicted molar refractivity (Wildman–Crippen MR) is 104 cm³/mol. The summed E-state index contributed by atoms with van der Waals surface area (Å²) in [6.45, 7) is 3.73. The molecule has 172 valence electrons. The average Bonchev–Trinajstić information content (AvgIpc) is 2.72. The summed E-state index contributed by atoms with van der Waals surface area (Å²) in [5, 5.41) is 0. The Morgan fingerprint density at radius 1 is 0.625 bits per heavy atom. The number of rotatable bonds is 6. The second-order valence-electron chi connectivity index (χ2n) is 6.49. The lowest BCUT2D eigenvalue weighted by molar-refractivity contribution is -0.189. The van der Waals surface area contributed by atoms with Crippen molar-refractivity contribution in [2.45, 2.75) is 39.0 Å². The molecule has 0 radical (unpaired) electrons. The van der Waals surface area contributed by atoms with Gasteiger partial charge in [-0.1, -0.05) is 38.1 Å². The minimum Gasteiger partial charge on any atom is -0.420 e. The first-order valence-corrected chi connectivity index (χ1v) is 9.37. The van der Waals surface area contributed by atoms with Crippen LogP contribution in [-0.2, 0) is 9.59 Å². The van der Waals surface area contributed by atoms with Gasteiger partial charge in [0.2, 0.25) is 0 Å². The van der Waals surface area contributed by atoms with Gasteiger partial charge in [0.25, 0.3) is 0 Å². The molecule has 0 aliphatic heterocycles. The van der Waals surface area contributed by atoms with Gasteiger partial charge in [0.05, 0.1) is 0 Å². The molecule has 0 fully saturated rings. The van der Waals surface area contributed by atoms with Crippen LogP contribution < -0.4 is 9.47 Å². The van der Waals surface area contributed by atoms with Gasteiger partial charge in [-0.05, 0) is 59.4 Å². The van der Waals surface area contributed by atoms with E-state index in [4.69, 9.17) is 0 Å². The van der Waals surface area contributed by atoms with Gasteiger partial charge >= 0.3 is 24.3 Å². The number of esters is 2. The molecule has 0 saturated carbocycles. The zero-order chi connectivity index (χ0) is 24.1. The molecule has 32 heavy (non-hydrogen) atoms. The molecule has 2 aromatic rings. The first-order chi connectivity index (χ1) is 14.9. The lowest BCUT2D eigenvalue weighted by atomic mass is 9.91. The average molecular weight is 460 g/mol. The van der Waals surface area contributed by atoms with Crippen LogP contribution in [0.5, 0.6) is 11.5 Å². The van der Waals surface area contributed by atoms with Crippen LogP contribution in [0.1, 0.15) is 37.8 Å². The first-order valence-electron chi connectivity index (χ1n) is 9.37. The number of hydrogen-bond donors (Lipinski definition) is 0. The maximum absolute atomic E-state index is 12.3. The Balaban J connectivity index is 2.29. The third kappa shape index (κ3) is 6.35. The maximum atomic E-state index is 12.3. The Morgan fingerprint density at radius 3 is 1.12 bits per heavy atom. The fourth-order valence-corrected chi connectivity index (χ4v) is 2.96. The van der Waals surface area contributed by atoms with Crippen LogP contribution in [-0.4, -0.2) is 24.3 Å². The van der Waals surface area contributed by atoms with E-state index < -0.39 is 24.3 Å². The van der Waals surface area contributed by atoms with E-state index in [9.17, 15) is 35.9 Å². The third-order valence-corrected chi connectivity index (χ3v) is 4.36. The molecule has 0 amide bonds. The van der Waals surface area contributed by atoms with Gasteiger partial charge in [-0.25, -0.2) is 9.59 Å². The predicted octanol–water partition coefficient (Wildman–Crippen LogP) is 6.35. The number of hydrogen-bond acceptors (Lipinski definition) is 4. The summed E-state index contributed by atoms with van der Waals surface area (Å²) in [6.07, 6.45) is -9.14. The van der Waals surface area contributed by atoms with Gasteiger partial charge in [-0.15, -0.1) is 0 Å². The Kier molecular flexibility index (Phi) is 7.71. The van der Waals surface area contributed by atoms with Crippen LogP contribution in [0.25, 0.3) is 11.1 Å². The van der Waals surface area contributed by atoms with Crippen LogP contribution in [0.3, 0.4) is 0 Å². The van der Waals surface area contributed by atoms with Crippen molar-refractivity contribution in [1.29, 1.82) is 0 Å². The Labute approximate surface area is 179 Å². The Hall–Kier alpha value is -3.30. The number of ether oxygens (including phenoxy) is 2. The van der Waals surface area contributed by atoms with E-state index in [0.717, 1.165) is 11.1 Å². The highest BCUT2D eigenvalue weighted by Crippen LogP contribution is 2.33. The van der Waals surface area contributed by atoms with Crippen LogP contribution in [0.4, 0.5) is 26.3 Å². The van der Waals surface area contributed by atoms with E-state index in [2.05, 4.69) is 9.47 Å². The summed E-state index contributed by atoms with van der Waals surface area (Å²) in [4.78, 5) is 21.9. The number of allylic oxidation sites excluding steroid dienone is 2. The zero-order valence-electron chi connectivity index (χ0n) is 16.9. The lowest BCUT2D eigenvalue weighted by Crippen LogP contribution is -2.27. The van der Waals surface area contributed by atoms with E-state index >= 15 is 0 Å².